The molecule has 1 heterocycles. The van der Waals surface area contributed by atoms with E-state index in [2.05, 4.69) is 20.9 Å². The van der Waals surface area contributed by atoms with Crippen LogP contribution >= 0.6 is 0 Å². The van der Waals surface area contributed by atoms with Gasteiger partial charge in [-0.1, -0.05) is 30.3 Å². The van der Waals surface area contributed by atoms with Crippen molar-refractivity contribution in [2.75, 3.05) is 11.9 Å². The molecule has 4 aliphatic carbocycles. The van der Waals surface area contributed by atoms with Gasteiger partial charge in [0.1, 0.15) is 6.04 Å². The quantitative estimate of drug-likeness (QED) is 0.123. The number of carboxylic acids is 2. The monoisotopic (exact) mass is 662 g/mol. The van der Waals surface area contributed by atoms with Gasteiger partial charge >= 0.3 is 11.9 Å². The fourth-order valence-corrected chi connectivity index (χ4v) is 8.82. The highest BCUT2D eigenvalue weighted by atomic mass is 16.4. The molecule has 0 unspecified atom stereocenters. The fourth-order valence-electron chi connectivity index (χ4n) is 8.82. The molecule has 4 saturated carbocycles. The standard InChI is InChI=1S/C38H38N4O7/c43-33(40-20-38-17-22-8-23(18-38)10-24(9-22)19-38)29-15-25-6-7-39-31(25)16-30(29)34(44)42-32(11-21-4-2-1-3-5-21)35(45)41-28-13-26(36(46)47)12-27(14-28)37(48)49/h1-7,12-16,22-24,32,39H,8-11,17-20H2,(H,40,43)(H,41,45)(H,42,44)(H,46,47)(H,48,49)/t22?,23?,24?,32-,38?/m0/s1. The largest absolute Gasteiger partial charge is 0.478 e. The van der Waals surface area contributed by atoms with E-state index in [4.69, 9.17) is 0 Å². The van der Waals surface area contributed by atoms with Crippen molar-refractivity contribution in [2.45, 2.75) is 51.0 Å². The minimum absolute atomic E-state index is 0.0489. The highest BCUT2D eigenvalue weighted by molar-refractivity contribution is 6.11. The third-order valence-electron chi connectivity index (χ3n) is 10.6. The Hall–Kier alpha value is -5.45. The van der Waals surface area contributed by atoms with Crippen LogP contribution in [-0.2, 0) is 11.2 Å². The van der Waals surface area contributed by atoms with Crippen LogP contribution < -0.4 is 16.0 Å². The Balaban J connectivity index is 1.15. The number of rotatable bonds is 11. The summed E-state index contributed by atoms with van der Waals surface area (Å²) in [5, 5.41) is 28.3. The molecule has 11 heteroatoms. The van der Waals surface area contributed by atoms with Gasteiger partial charge in [0.25, 0.3) is 11.8 Å². The topological polar surface area (TPSA) is 178 Å². The van der Waals surface area contributed by atoms with E-state index in [0.717, 1.165) is 66.2 Å². The van der Waals surface area contributed by atoms with Crippen LogP contribution in [0.3, 0.4) is 0 Å². The third kappa shape index (κ3) is 6.78. The lowest BCUT2D eigenvalue weighted by molar-refractivity contribution is -0.118. The molecule has 6 N–H and O–H groups in total. The Labute approximate surface area is 282 Å². The average Bonchev–Trinajstić information content (AvgIpc) is 3.54. The van der Waals surface area contributed by atoms with Crippen LogP contribution in [-0.4, -0.2) is 57.4 Å². The second-order valence-electron chi connectivity index (χ2n) is 14.2. The van der Waals surface area contributed by atoms with Crippen molar-refractivity contribution in [3.05, 3.63) is 101 Å². The maximum absolute atomic E-state index is 14.1. The van der Waals surface area contributed by atoms with E-state index >= 15 is 0 Å². The molecule has 4 aliphatic rings. The van der Waals surface area contributed by atoms with Crippen molar-refractivity contribution in [3.63, 3.8) is 0 Å². The summed E-state index contributed by atoms with van der Waals surface area (Å²) in [7, 11) is 0. The molecule has 11 nitrogen and oxygen atoms in total. The Morgan fingerprint density at radius 1 is 0.776 bits per heavy atom. The zero-order chi connectivity index (χ0) is 34.3. The van der Waals surface area contributed by atoms with E-state index in [0.29, 0.717) is 12.1 Å². The average molecular weight is 663 g/mol. The molecular formula is C38H38N4O7. The molecule has 4 aromatic rings. The molecule has 4 bridgehead atoms. The van der Waals surface area contributed by atoms with Crippen molar-refractivity contribution < 1.29 is 34.2 Å². The van der Waals surface area contributed by atoms with Gasteiger partial charge in [-0.05, 0) is 104 Å². The van der Waals surface area contributed by atoms with Crippen molar-refractivity contribution in [1.82, 2.24) is 15.6 Å². The van der Waals surface area contributed by atoms with Crippen LogP contribution in [0.2, 0.25) is 0 Å². The van der Waals surface area contributed by atoms with Gasteiger partial charge in [0.15, 0.2) is 0 Å². The van der Waals surface area contributed by atoms with E-state index < -0.39 is 29.8 Å². The molecule has 3 aromatic carbocycles. The number of carbonyl (C=O) groups excluding carboxylic acids is 3. The number of benzene rings is 3. The fraction of sp³-hybridized carbons (Fsp3) is 0.342. The summed E-state index contributed by atoms with van der Waals surface area (Å²) in [6.45, 7) is 0.564. The van der Waals surface area contributed by atoms with Gasteiger partial charge in [-0.3, -0.25) is 14.4 Å². The number of nitrogens with one attached hydrogen (secondary N) is 4. The van der Waals surface area contributed by atoms with Gasteiger partial charge in [-0.2, -0.15) is 0 Å². The molecule has 1 atom stereocenters. The number of aromatic carboxylic acids is 2. The van der Waals surface area contributed by atoms with Crippen LogP contribution in [0.25, 0.3) is 10.9 Å². The summed E-state index contributed by atoms with van der Waals surface area (Å²) in [4.78, 5) is 68.1. The first kappa shape index (κ1) is 32.1. The predicted octanol–water partition coefficient (Wildman–Crippen LogP) is 5.49. The maximum atomic E-state index is 14.1. The normalized spacial score (nSPS) is 22.7. The first-order valence-electron chi connectivity index (χ1n) is 16.7. The number of hydrogen-bond donors (Lipinski definition) is 6. The number of hydrogen-bond acceptors (Lipinski definition) is 5. The first-order valence-corrected chi connectivity index (χ1v) is 16.7. The summed E-state index contributed by atoms with van der Waals surface area (Å²) >= 11 is 0. The lowest BCUT2D eigenvalue weighted by Gasteiger charge is -2.56. The molecule has 49 heavy (non-hydrogen) atoms. The van der Waals surface area contributed by atoms with E-state index in [1.807, 2.05) is 12.1 Å². The van der Waals surface area contributed by atoms with Crippen molar-refractivity contribution in [3.8, 4) is 0 Å². The van der Waals surface area contributed by atoms with Crippen LogP contribution in [0.15, 0.2) is 72.9 Å². The van der Waals surface area contributed by atoms with Crippen LogP contribution in [0, 0.1) is 23.2 Å². The van der Waals surface area contributed by atoms with E-state index in [9.17, 15) is 34.2 Å². The van der Waals surface area contributed by atoms with Crippen LogP contribution in [0.4, 0.5) is 5.69 Å². The lowest BCUT2D eigenvalue weighted by atomic mass is 9.49. The minimum Gasteiger partial charge on any atom is -0.478 e. The molecule has 0 radical (unpaired) electrons. The van der Waals surface area contributed by atoms with E-state index in [1.165, 1.54) is 19.3 Å². The zero-order valence-corrected chi connectivity index (χ0v) is 26.8. The molecule has 0 spiro atoms. The number of fused-ring (bicyclic) bond motifs is 1. The number of carboxylic acid groups (broad SMARTS) is 2. The van der Waals surface area contributed by atoms with E-state index in [-0.39, 0.29) is 45.7 Å². The maximum Gasteiger partial charge on any atom is 0.335 e. The Bertz CT molecular complexity index is 1900. The molecule has 0 saturated heterocycles. The van der Waals surface area contributed by atoms with E-state index in [1.54, 1.807) is 42.6 Å². The Kier molecular flexibility index (Phi) is 8.43. The smallest absolute Gasteiger partial charge is 0.335 e. The number of anilines is 1. The second kappa shape index (κ2) is 12.9. The first-order chi connectivity index (χ1) is 23.5. The van der Waals surface area contributed by atoms with Crippen LogP contribution in [0.1, 0.15) is 85.5 Å². The predicted molar refractivity (Wildman–Crippen MR) is 182 cm³/mol. The minimum atomic E-state index is -1.36. The van der Waals surface area contributed by atoms with Gasteiger partial charge < -0.3 is 31.1 Å². The zero-order valence-electron chi connectivity index (χ0n) is 26.8. The molecule has 252 valence electrons. The SMILES string of the molecule is O=C(O)c1cc(NC(=O)[C@H](Cc2ccccc2)NC(=O)c2cc3[nH]ccc3cc2C(=O)NCC23CC4CC(CC(C4)C2)C3)cc(C(=O)O)c1. The second-order valence-corrected chi connectivity index (χ2v) is 14.2. The lowest BCUT2D eigenvalue weighted by Crippen LogP contribution is -2.51. The summed E-state index contributed by atoms with van der Waals surface area (Å²) < 4.78 is 0. The third-order valence-corrected chi connectivity index (χ3v) is 10.6. The molecule has 1 aromatic heterocycles. The number of carbonyl (C=O) groups is 5. The van der Waals surface area contributed by atoms with Crippen molar-refractivity contribution in [1.29, 1.82) is 0 Å². The number of aromatic nitrogens is 1. The molecule has 3 amide bonds. The summed E-state index contributed by atoms with van der Waals surface area (Å²) in [6, 6.07) is 16.3. The number of H-pyrrole nitrogens is 1. The molecule has 0 aliphatic heterocycles. The van der Waals surface area contributed by atoms with Gasteiger partial charge in [0.05, 0.1) is 22.3 Å². The number of aromatic amines is 1. The van der Waals surface area contributed by atoms with Gasteiger partial charge in [0, 0.05) is 35.8 Å². The van der Waals surface area contributed by atoms with Crippen LogP contribution in [0.5, 0.6) is 0 Å². The molecular weight excluding hydrogens is 624 g/mol. The molecule has 4 fully saturated rings. The highest BCUT2D eigenvalue weighted by Gasteiger charge is 2.50. The molecule has 8 rings (SSSR count). The van der Waals surface area contributed by atoms with Gasteiger partial charge in [-0.15, -0.1) is 0 Å². The summed E-state index contributed by atoms with van der Waals surface area (Å²) in [5.74, 6) is -2.20. The van der Waals surface area contributed by atoms with Gasteiger partial charge in [0.2, 0.25) is 5.91 Å². The Morgan fingerprint density at radius 3 is 2.00 bits per heavy atom. The highest BCUT2D eigenvalue weighted by Crippen LogP contribution is 2.59. The number of amides is 3. The summed E-state index contributed by atoms with van der Waals surface area (Å²) in [6.07, 6.45) is 9.07. The summed E-state index contributed by atoms with van der Waals surface area (Å²) in [5.41, 5.74) is 1.11. The van der Waals surface area contributed by atoms with Gasteiger partial charge in [-0.25, -0.2) is 9.59 Å². The van der Waals surface area contributed by atoms with Crippen molar-refractivity contribution >= 4 is 46.3 Å². The Morgan fingerprint density at radius 2 is 1.39 bits per heavy atom. The van der Waals surface area contributed by atoms with Crippen molar-refractivity contribution in [2.24, 2.45) is 23.2 Å².